The van der Waals surface area contributed by atoms with Crippen LogP contribution < -0.4 is 10.6 Å². The Bertz CT molecular complexity index is 1100. The summed E-state index contributed by atoms with van der Waals surface area (Å²) in [5, 5.41) is 14.9. The maximum absolute atomic E-state index is 12.5. The van der Waals surface area contributed by atoms with Gasteiger partial charge in [0.25, 0.3) is 5.91 Å². The number of amides is 2. The Labute approximate surface area is 200 Å². The van der Waals surface area contributed by atoms with Gasteiger partial charge in [-0.2, -0.15) is 0 Å². The van der Waals surface area contributed by atoms with Crippen molar-refractivity contribution in [3.63, 3.8) is 0 Å². The SMILES string of the molecule is CCn1c(CNC(=O)c2ccccc2Br)nnc1SCC(=O)Nc1ccccc1C(C)C. The quantitative estimate of drug-likeness (QED) is 0.397. The molecule has 0 bridgehead atoms. The number of benzene rings is 2. The number of thioether (sulfide) groups is 1. The van der Waals surface area contributed by atoms with Crippen LogP contribution in [0.25, 0.3) is 0 Å². The molecule has 168 valence electrons. The number of nitrogens with one attached hydrogen (secondary N) is 2. The highest BCUT2D eigenvalue weighted by Gasteiger charge is 2.16. The van der Waals surface area contributed by atoms with E-state index < -0.39 is 0 Å². The highest BCUT2D eigenvalue weighted by atomic mass is 79.9. The van der Waals surface area contributed by atoms with Crippen LogP contribution >= 0.6 is 27.7 Å². The van der Waals surface area contributed by atoms with Gasteiger partial charge in [-0.25, -0.2) is 0 Å². The predicted octanol–water partition coefficient (Wildman–Crippen LogP) is 4.84. The Morgan fingerprint density at radius 1 is 1.09 bits per heavy atom. The summed E-state index contributed by atoms with van der Waals surface area (Å²) >= 11 is 4.71. The molecule has 0 aliphatic carbocycles. The number of carbonyl (C=O) groups is 2. The molecular weight excluding hydrogens is 490 g/mol. The number of anilines is 1. The molecule has 3 aromatic rings. The van der Waals surface area contributed by atoms with Crippen molar-refractivity contribution in [2.24, 2.45) is 0 Å². The molecule has 7 nitrogen and oxygen atoms in total. The summed E-state index contributed by atoms with van der Waals surface area (Å²) in [4.78, 5) is 25.0. The van der Waals surface area contributed by atoms with Crippen LogP contribution in [-0.2, 0) is 17.9 Å². The van der Waals surface area contributed by atoms with Crippen LogP contribution in [0.4, 0.5) is 5.69 Å². The van der Waals surface area contributed by atoms with Crippen molar-refractivity contribution in [1.29, 1.82) is 0 Å². The van der Waals surface area contributed by atoms with E-state index in [1.54, 1.807) is 6.07 Å². The molecule has 1 aromatic heterocycles. The van der Waals surface area contributed by atoms with Crippen molar-refractivity contribution in [3.05, 3.63) is 70.0 Å². The van der Waals surface area contributed by atoms with Gasteiger partial charge in [-0.1, -0.05) is 55.9 Å². The van der Waals surface area contributed by atoms with Crippen LogP contribution in [0.3, 0.4) is 0 Å². The summed E-state index contributed by atoms with van der Waals surface area (Å²) in [6.45, 7) is 7.05. The number of aromatic nitrogens is 3. The van der Waals surface area contributed by atoms with Crippen molar-refractivity contribution < 1.29 is 9.59 Å². The monoisotopic (exact) mass is 515 g/mol. The van der Waals surface area contributed by atoms with Gasteiger partial charge in [-0.05, 0) is 52.5 Å². The van der Waals surface area contributed by atoms with Gasteiger partial charge in [0.2, 0.25) is 5.91 Å². The molecule has 0 radical (unpaired) electrons. The van der Waals surface area contributed by atoms with Crippen LogP contribution in [-0.4, -0.2) is 32.3 Å². The van der Waals surface area contributed by atoms with Crippen molar-refractivity contribution in [3.8, 4) is 0 Å². The molecule has 0 saturated carbocycles. The van der Waals surface area contributed by atoms with Gasteiger partial charge < -0.3 is 15.2 Å². The summed E-state index contributed by atoms with van der Waals surface area (Å²) < 4.78 is 2.64. The Balaban J connectivity index is 1.60. The normalized spacial score (nSPS) is 10.9. The second kappa shape index (κ2) is 11.3. The fourth-order valence-electron chi connectivity index (χ4n) is 3.20. The molecule has 0 unspecified atom stereocenters. The van der Waals surface area contributed by atoms with Gasteiger partial charge >= 0.3 is 0 Å². The molecule has 2 N–H and O–H groups in total. The first-order valence-corrected chi connectivity index (χ1v) is 12.1. The van der Waals surface area contributed by atoms with E-state index in [1.165, 1.54) is 11.8 Å². The lowest BCUT2D eigenvalue weighted by Crippen LogP contribution is -2.25. The number of hydrogen-bond donors (Lipinski definition) is 2. The van der Waals surface area contributed by atoms with E-state index in [9.17, 15) is 9.59 Å². The molecular formula is C23H26BrN5O2S. The lowest BCUT2D eigenvalue weighted by atomic mass is 10.0. The molecule has 0 aliphatic heterocycles. The highest BCUT2D eigenvalue weighted by Crippen LogP contribution is 2.24. The molecule has 2 amide bonds. The molecule has 2 aromatic carbocycles. The number of rotatable bonds is 9. The van der Waals surface area contributed by atoms with Gasteiger partial charge in [0, 0.05) is 16.7 Å². The van der Waals surface area contributed by atoms with E-state index in [0.29, 0.717) is 29.0 Å². The average molecular weight is 516 g/mol. The molecule has 0 atom stereocenters. The lowest BCUT2D eigenvalue weighted by Gasteiger charge is -2.13. The average Bonchev–Trinajstić information content (AvgIpc) is 3.18. The first kappa shape index (κ1) is 24.0. The van der Waals surface area contributed by atoms with Crippen LogP contribution in [0, 0.1) is 0 Å². The zero-order chi connectivity index (χ0) is 23.1. The number of hydrogen-bond acceptors (Lipinski definition) is 5. The Morgan fingerprint density at radius 3 is 2.53 bits per heavy atom. The van der Waals surface area contributed by atoms with E-state index in [0.717, 1.165) is 15.7 Å². The van der Waals surface area contributed by atoms with Gasteiger partial charge in [0.1, 0.15) is 0 Å². The summed E-state index contributed by atoms with van der Waals surface area (Å²) in [5.74, 6) is 0.879. The maximum Gasteiger partial charge on any atom is 0.252 e. The predicted molar refractivity (Wildman–Crippen MR) is 131 cm³/mol. The largest absolute Gasteiger partial charge is 0.345 e. The molecule has 0 spiro atoms. The minimum Gasteiger partial charge on any atom is -0.345 e. The molecule has 9 heteroatoms. The van der Waals surface area contributed by atoms with Crippen molar-refractivity contribution in [2.45, 2.75) is 44.9 Å². The third-order valence-corrected chi connectivity index (χ3v) is 6.48. The topological polar surface area (TPSA) is 88.9 Å². The van der Waals surface area contributed by atoms with Crippen molar-refractivity contribution in [2.75, 3.05) is 11.1 Å². The van der Waals surface area contributed by atoms with Crippen LogP contribution in [0.5, 0.6) is 0 Å². The number of halogens is 1. The smallest absolute Gasteiger partial charge is 0.252 e. The first-order chi connectivity index (χ1) is 15.4. The van der Waals surface area contributed by atoms with E-state index >= 15 is 0 Å². The molecule has 0 saturated heterocycles. The second-order valence-electron chi connectivity index (χ2n) is 7.38. The maximum atomic E-state index is 12.5. The highest BCUT2D eigenvalue weighted by molar-refractivity contribution is 9.10. The molecule has 32 heavy (non-hydrogen) atoms. The van der Waals surface area contributed by atoms with Crippen molar-refractivity contribution >= 4 is 45.2 Å². The summed E-state index contributed by atoms with van der Waals surface area (Å²) in [5.41, 5.74) is 2.49. The zero-order valence-electron chi connectivity index (χ0n) is 18.3. The fraction of sp³-hybridized carbons (Fsp3) is 0.304. The Hall–Kier alpha value is -2.65. The third-order valence-electron chi connectivity index (χ3n) is 4.82. The summed E-state index contributed by atoms with van der Waals surface area (Å²) in [7, 11) is 0. The standard InChI is InChI=1S/C23H26BrN5O2S/c1-4-29-20(13-25-22(31)17-10-5-7-11-18(17)24)27-28-23(29)32-14-21(30)26-19-12-8-6-9-16(19)15(2)3/h5-12,15H,4,13-14H2,1-3H3,(H,25,31)(H,26,30). The molecule has 1 heterocycles. The van der Waals surface area contributed by atoms with Gasteiger partial charge in [-0.15, -0.1) is 10.2 Å². The fourth-order valence-corrected chi connectivity index (χ4v) is 4.49. The zero-order valence-corrected chi connectivity index (χ0v) is 20.7. The van der Waals surface area contributed by atoms with Gasteiger partial charge in [0.15, 0.2) is 11.0 Å². The van der Waals surface area contributed by atoms with Crippen LogP contribution in [0.15, 0.2) is 58.2 Å². The minimum absolute atomic E-state index is 0.0995. The number of carbonyl (C=O) groups excluding carboxylic acids is 2. The van der Waals surface area contributed by atoms with E-state index in [-0.39, 0.29) is 24.1 Å². The number of nitrogens with zero attached hydrogens (tertiary/aromatic N) is 3. The third kappa shape index (κ3) is 5.98. The Kier molecular flexibility index (Phi) is 8.46. The molecule has 3 rings (SSSR count). The first-order valence-electron chi connectivity index (χ1n) is 10.4. The molecule has 0 fully saturated rings. The Morgan fingerprint density at radius 2 is 1.81 bits per heavy atom. The van der Waals surface area contributed by atoms with Crippen molar-refractivity contribution in [1.82, 2.24) is 20.1 Å². The van der Waals surface area contributed by atoms with Crippen LogP contribution in [0.2, 0.25) is 0 Å². The van der Waals surface area contributed by atoms with E-state index in [2.05, 4.69) is 50.6 Å². The molecule has 0 aliphatic rings. The minimum atomic E-state index is -0.194. The van der Waals surface area contributed by atoms with E-state index in [4.69, 9.17) is 0 Å². The summed E-state index contributed by atoms with van der Waals surface area (Å²) in [6.07, 6.45) is 0. The van der Waals surface area contributed by atoms with Gasteiger partial charge in [-0.3, -0.25) is 9.59 Å². The number of para-hydroxylation sites is 1. The van der Waals surface area contributed by atoms with Crippen LogP contribution in [0.1, 0.15) is 48.4 Å². The van der Waals surface area contributed by atoms with E-state index in [1.807, 2.05) is 54.0 Å². The second-order valence-corrected chi connectivity index (χ2v) is 9.18. The summed E-state index contributed by atoms with van der Waals surface area (Å²) in [6, 6.07) is 15.1. The van der Waals surface area contributed by atoms with Gasteiger partial charge in [0.05, 0.1) is 17.9 Å². The lowest BCUT2D eigenvalue weighted by molar-refractivity contribution is -0.113.